The van der Waals surface area contributed by atoms with Crippen LogP contribution in [0.15, 0.2) is 67.0 Å². The van der Waals surface area contributed by atoms with Crippen molar-refractivity contribution < 1.29 is 9.59 Å². The SMILES string of the molecule is CN(Cc1ccc[nH]1)C(=O)c1ccc(Nc2ncc3c(n2)-c2ccc(Cl)cc2NC(=O)C3)cc1. The van der Waals surface area contributed by atoms with Crippen molar-refractivity contribution in [3.63, 3.8) is 0 Å². The Kier molecular flexibility index (Phi) is 5.73. The minimum Gasteiger partial charge on any atom is -0.364 e. The lowest BCUT2D eigenvalue weighted by molar-refractivity contribution is -0.115. The Balaban J connectivity index is 1.35. The van der Waals surface area contributed by atoms with Gasteiger partial charge in [-0.3, -0.25) is 9.59 Å². The highest BCUT2D eigenvalue weighted by Crippen LogP contribution is 2.34. The number of carbonyl (C=O) groups is 2. The van der Waals surface area contributed by atoms with Crippen LogP contribution >= 0.6 is 11.6 Å². The molecule has 170 valence electrons. The molecule has 0 radical (unpaired) electrons. The molecule has 3 heterocycles. The predicted octanol–water partition coefficient (Wildman–Crippen LogP) is 4.64. The van der Waals surface area contributed by atoms with E-state index in [4.69, 9.17) is 11.6 Å². The number of amides is 2. The average Bonchev–Trinajstić information content (AvgIpc) is 3.28. The second-order valence-electron chi connectivity index (χ2n) is 8.04. The van der Waals surface area contributed by atoms with Gasteiger partial charge in [-0.25, -0.2) is 9.97 Å². The summed E-state index contributed by atoms with van der Waals surface area (Å²) in [7, 11) is 1.77. The molecule has 2 amide bonds. The first-order chi connectivity index (χ1) is 16.5. The van der Waals surface area contributed by atoms with Crippen LogP contribution in [0.25, 0.3) is 11.3 Å². The molecule has 0 spiro atoms. The number of nitrogens with one attached hydrogen (secondary N) is 3. The highest BCUT2D eigenvalue weighted by atomic mass is 35.5. The molecule has 2 aromatic heterocycles. The normalized spacial score (nSPS) is 12.2. The number of H-pyrrole nitrogens is 1. The Morgan fingerprint density at radius 2 is 2.00 bits per heavy atom. The number of carbonyl (C=O) groups excluding carboxylic acids is 2. The fraction of sp³-hybridized carbons (Fsp3) is 0.120. The Bertz CT molecular complexity index is 1370. The quantitative estimate of drug-likeness (QED) is 0.393. The maximum absolute atomic E-state index is 12.7. The van der Waals surface area contributed by atoms with Gasteiger partial charge >= 0.3 is 0 Å². The van der Waals surface area contributed by atoms with E-state index in [2.05, 4.69) is 25.6 Å². The summed E-state index contributed by atoms with van der Waals surface area (Å²) in [5.41, 5.74) is 5.08. The molecule has 34 heavy (non-hydrogen) atoms. The maximum Gasteiger partial charge on any atom is 0.253 e. The van der Waals surface area contributed by atoms with E-state index in [0.29, 0.717) is 34.5 Å². The third-order valence-electron chi connectivity index (χ3n) is 5.53. The summed E-state index contributed by atoms with van der Waals surface area (Å²) >= 11 is 6.11. The number of aromatic nitrogens is 3. The van der Waals surface area contributed by atoms with E-state index in [1.165, 1.54) is 0 Å². The molecule has 5 rings (SSSR count). The largest absolute Gasteiger partial charge is 0.364 e. The Labute approximate surface area is 201 Å². The van der Waals surface area contributed by atoms with E-state index in [1.54, 1.807) is 42.4 Å². The highest BCUT2D eigenvalue weighted by molar-refractivity contribution is 6.31. The van der Waals surface area contributed by atoms with Gasteiger partial charge in [-0.15, -0.1) is 0 Å². The summed E-state index contributed by atoms with van der Waals surface area (Å²) in [5.74, 6) is 0.167. The van der Waals surface area contributed by atoms with E-state index >= 15 is 0 Å². The predicted molar refractivity (Wildman–Crippen MR) is 131 cm³/mol. The second-order valence-corrected chi connectivity index (χ2v) is 8.48. The lowest BCUT2D eigenvalue weighted by Crippen LogP contribution is -2.26. The Hall–Kier alpha value is -4.17. The van der Waals surface area contributed by atoms with Crippen LogP contribution in [0.5, 0.6) is 0 Å². The number of aromatic amines is 1. The van der Waals surface area contributed by atoms with Crippen LogP contribution in [0.2, 0.25) is 5.02 Å². The van der Waals surface area contributed by atoms with Crippen molar-refractivity contribution in [1.29, 1.82) is 0 Å². The topological polar surface area (TPSA) is 103 Å². The van der Waals surface area contributed by atoms with Crippen LogP contribution in [0.3, 0.4) is 0 Å². The number of hydrogen-bond acceptors (Lipinski definition) is 5. The van der Waals surface area contributed by atoms with E-state index in [-0.39, 0.29) is 18.2 Å². The molecule has 0 unspecified atom stereocenters. The van der Waals surface area contributed by atoms with Gasteiger partial charge in [-0.2, -0.15) is 0 Å². The first kappa shape index (κ1) is 21.7. The summed E-state index contributed by atoms with van der Waals surface area (Å²) in [6.45, 7) is 0.499. The van der Waals surface area contributed by atoms with Gasteiger partial charge in [-0.05, 0) is 54.6 Å². The molecule has 0 fully saturated rings. The van der Waals surface area contributed by atoms with Crippen LogP contribution < -0.4 is 10.6 Å². The molecule has 1 aliphatic heterocycles. The van der Waals surface area contributed by atoms with E-state index in [9.17, 15) is 9.59 Å². The van der Waals surface area contributed by atoms with E-state index in [1.807, 2.05) is 36.5 Å². The smallest absolute Gasteiger partial charge is 0.253 e. The number of hydrogen-bond donors (Lipinski definition) is 3. The van der Waals surface area contributed by atoms with Gasteiger partial charge in [0.25, 0.3) is 5.91 Å². The molecule has 0 aliphatic carbocycles. The summed E-state index contributed by atoms with van der Waals surface area (Å²) in [6.07, 6.45) is 3.66. The summed E-state index contributed by atoms with van der Waals surface area (Å²) in [6, 6.07) is 16.3. The van der Waals surface area contributed by atoms with Crippen LogP contribution in [-0.2, 0) is 17.8 Å². The molecule has 3 N–H and O–H groups in total. The molecule has 0 atom stereocenters. The van der Waals surface area contributed by atoms with Crippen molar-refractivity contribution >= 4 is 40.7 Å². The monoisotopic (exact) mass is 472 g/mol. The first-order valence-electron chi connectivity index (χ1n) is 10.7. The van der Waals surface area contributed by atoms with Crippen molar-refractivity contribution in [3.8, 4) is 11.3 Å². The van der Waals surface area contributed by atoms with Gasteiger partial charge in [0.15, 0.2) is 0 Å². The van der Waals surface area contributed by atoms with Crippen LogP contribution in [0, 0.1) is 0 Å². The van der Waals surface area contributed by atoms with Crippen LogP contribution in [0.4, 0.5) is 17.3 Å². The van der Waals surface area contributed by atoms with Gasteiger partial charge in [0.05, 0.1) is 24.3 Å². The van der Waals surface area contributed by atoms with Crippen molar-refractivity contribution in [2.24, 2.45) is 0 Å². The molecular formula is C25H21ClN6O2. The van der Waals surface area contributed by atoms with Gasteiger partial charge in [-0.1, -0.05) is 11.6 Å². The maximum atomic E-state index is 12.7. The lowest BCUT2D eigenvalue weighted by Gasteiger charge is -2.16. The number of benzene rings is 2. The average molecular weight is 473 g/mol. The van der Waals surface area contributed by atoms with Crippen LogP contribution in [0.1, 0.15) is 21.6 Å². The third kappa shape index (κ3) is 4.49. The van der Waals surface area contributed by atoms with Crippen molar-refractivity contribution in [3.05, 3.63) is 88.8 Å². The number of nitrogens with zero attached hydrogens (tertiary/aromatic N) is 3. The minimum atomic E-state index is -0.145. The van der Waals surface area contributed by atoms with Crippen molar-refractivity contribution in [2.45, 2.75) is 13.0 Å². The summed E-state index contributed by atoms with van der Waals surface area (Å²) in [4.78, 5) is 38.8. The summed E-state index contributed by atoms with van der Waals surface area (Å²) in [5, 5.41) is 6.58. The highest BCUT2D eigenvalue weighted by Gasteiger charge is 2.21. The zero-order valence-electron chi connectivity index (χ0n) is 18.3. The fourth-order valence-corrected chi connectivity index (χ4v) is 4.03. The first-order valence-corrected chi connectivity index (χ1v) is 11.0. The zero-order chi connectivity index (χ0) is 23.7. The minimum absolute atomic E-state index is 0.0742. The number of rotatable bonds is 5. The molecule has 2 aromatic carbocycles. The Morgan fingerprint density at radius 3 is 2.76 bits per heavy atom. The van der Waals surface area contributed by atoms with Gasteiger partial charge in [0, 0.05) is 52.5 Å². The van der Waals surface area contributed by atoms with Crippen molar-refractivity contribution in [1.82, 2.24) is 19.9 Å². The molecule has 0 bridgehead atoms. The van der Waals surface area contributed by atoms with Gasteiger partial charge in [0.2, 0.25) is 11.9 Å². The lowest BCUT2D eigenvalue weighted by atomic mass is 10.1. The standard InChI is InChI=1S/C25H21ClN6O2/c1-32(14-19-3-2-10-27-19)24(34)15-4-7-18(8-5-15)29-25-28-13-16-11-22(33)30-21-12-17(26)6-9-20(21)23(16)31-25/h2-10,12-13,27H,11,14H2,1H3,(H,30,33)(H,28,29,31). The van der Waals surface area contributed by atoms with Gasteiger partial charge < -0.3 is 20.5 Å². The Morgan fingerprint density at radius 1 is 1.18 bits per heavy atom. The second kappa shape index (κ2) is 8.99. The van der Waals surface area contributed by atoms with Gasteiger partial charge in [0.1, 0.15) is 0 Å². The molecule has 0 saturated heterocycles. The molecule has 8 nitrogen and oxygen atoms in total. The summed E-state index contributed by atoms with van der Waals surface area (Å²) < 4.78 is 0. The molecule has 4 aromatic rings. The molecular weight excluding hydrogens is 452 g/mol. The van der Waals surface area contributed by atoms with E-state index in [0.717, 1.165) is 22.5 Å². The number of anilines is 3. The third-order valence-corrected chi connectivity index (χ3v) is 5.77. The molecule has 9 heteroatoms. The van der Waals surface area contributed by atoms with Crippen LogP contribution in [-0.4, -0.2) is 38.7 Å². The molecule has 1 aliphatic rings. The zero-order valence-corrected chi connectivity index (χ0v) is 19.1. The molecule has 0 saturated carbocycles. The number of halogens is 1. The van der Waals surface area contributed by atoms with E-state index < -0.39 is 0 Å². The fourth-order valence-electron chi connectivity index (χ4n) is 3.86. The van der Waals surface area contributed by atoms with Crippen molar-refractivity contribution in [2.75, 3.05) is 17.7 Å². The number of fused-ring (bicyclic) bond motifs is 3.